The van der Waals surface area contributed by atoms with E-state index in [9.17, 15) is 9.18 Å². The second-order valence-corrected chi connectivity index (χ2v) is 5.00. The molecule has 5 heteroatoms. The summed E-state index contributed by atoms with van der Waals surface area (Å²) < 4.78 is 13.1. The van der Waals surface area contributed by atoms with Gasteiger partial charge >= 0.3 is 6.03 Å². The van der Waals surface area contributed by atoms with E-state index in [4.69, 9.17) is 11.6 Å². The highest BCUT2D eigenvalue weighted by Gasteiger charge is 2.24. The zero-order chi connectivity index (χ0) is 14.1. The summed E-state index contributed by atoms with van der Waals surface area (Å²) in [6.07, 6.45) is 0.841. The Hall–Kier alpha value is -2.07. The first-order chi connectivity index (χ1) is 9.65. The average molecular weight is 291 g/mol. The maximum atomic E-state index is 13.1. The third-order valence-electron chi connectivity index (χ3n) is 3.30. The maximum Gasteiger partial charge on any atom is 0.326 e. The molecule has 0 radical (unpaired) electrons. The van der Waals surface area contributed by atoms with Crippen LogP contribution in [0.1, 0.15) is 5.56 Å². The third-order valence-corrected chi connectivity index (χ3v) is 3.59. The van der Waals surface area contributed by atoms with E-state index in [0.29, 0.717) is 12.2 Å². The Kier molecular flexibility index (Phi) is 3.32. The molecule has 0 unspecified atom stereocenters. The number of nitrogens with zero attached hydrogens (tertiary/aromatic N) is 1. The highest BCUT2D eigenvalue weighted by Crippen LogP contribution is 2.28. The predicted octanol–water partition coefficient (Wildman–Crippen LogP) is 4.07. The molecule has 1 aliphatic heterocycles. The van der Waals surface area contributed by atoms with Crippen LogP contribution in [-0.4, -0.2) is 12.6 Å². The van der Waals surface area contributed by atoms with E-state index in [2.05, 4.69) is 5.32 Å². The standard InChI is InChI=1S/C15H12ClFN2O/c16-12-9-11(5-6-13(12)17)18-15(20)19-8-7-10-3-1-2-4-14(10)19/h1-6,9H,7-8H2,(H,18,20). The van der Waals surface area contributed by atoms with Gasteiger partial charge in [0.25, 0.3) is 0 Å². The molecule has 102 valence electrons. The summed E-state index contributed by atoms with van der Waals surface area (Å²) in [6.45, 7) is 0.639. The van der Waals surface area contributed by atoms with Gasteiger partial charge in [0.2, 0.25) is 0 Å². The summed E-state index contributed by atoms with van der Waals surface area (Å²) >= 11 is 5.70. The second kappa shape index (κ2) is 5.13. The van der Waals surface area contributed by atoms with E-state index in [1.165, 1.54) is 18.2 Å². The van der Waals surface area contributed by atoms with Gasteiger partial charge in [0.15, 0.2) is 0 Å². The molecule has 2 aromatic rings. The molecule has 1 heterocycles. The molecule has 3 nitrogen and oxygen atoms in total. The lowest BCUT2D eigenvalue weighted by atomic mass is 10.2. The number of rotatable bonds is 1. The fourth-order valence-electron chi connectivity index (χ4n) is 2.31. The summed E-state index contributed by atoms with van der Waals surface area (Å²) in [5.41, 5.74) is 2.55. The average Bonchev–Trinajstić information content (AvgIpc) is 2.87. The Morgan fingerprint density at radius 2 is 2.05 bits per heavy atom. The van der Waals surface area contributed by atoms with Crippen molar-refractivity contribution in [2.24, 2.45) is 0 Å². The van der Waals surface area contributed by atoms with E-state index in [0.717, 1.165) is 17.7 Å². The molecule has 2 aromatic carbocycles. The number of anilines is 2. The van der Waals surface area contributed by atoms with Crippen molar-refractivity contribution in [3.05, 3.63) is 58.9 Å². The Bertz CT molecular complexity index is 675. The van der Waals surface area contributed by atoms with E-state index < -0.39 is 5.82 Å². The van der Waals surface area contributed by atoms with Gasteiger partial charge in [-0.25, -0.2) is 9.18 Å². The van der Waals surface area contributed by atoms with Gasteiger partial charge in [0, 0.05) is 17.9 Å². The fourth-order valence-corrected chi connectivity index (χ4v) is 2.49. The number of benzene rings is 2. The van der Waals surface area contributed by atoms with Crippen LogP contribution in [0.3, 0.4) is 0 Å². The molecule has 2 amide bonds. The van der Waals surface area contributed by atoms with Gasteiger partial charge in [-0.2, -0.15) is 0 Å². The van der Waals surface area contributed by atoms with Crippen LogP contribution in [0.15, 0.2) is 42.5 Å². The lowest BCUT2D eigenvalue weighted by molar-refractivity contribution is 0.257. The number of carbonyl (C=O) groups is 1. The largest absolute Gasteiger partial charge is 0.326 e. The lowest BCUT2D eigenvalue weighted by Gasteiger charge is -2.18. The quantitative estimate of drug-likeness (QED) is 0.843. The van der Waals surface area contributed by atoms with E-state index in [1.807, 2.05) is 24.3 Å². The monoisotopic (exact) mass is 290 g/mol. The molecule has 0 bridgehead atoms. The number of amides is 2. The van der Waals surface area contributed by atoms with Crippen LogP contribution in [0.25, 0.3) is 0 Å². The molecule has 1 aliphatic rings. The summed E-state index contributed by atoms with van der Waals surface area (Å²) in [7, 11) is 0. The summed E-state index contributed by atoms with van der Waals surface area (Å²) in [5, 5.41) is 2.72. The maximum absolute atomic E-state index is 13.1. The number of halogens is 2. The first-order valence-corrected chi connectivity index (χ1v) is 6.64. The van der Waals surface area contributed by atoms with Gasteiger partial charge in [0.1, 0.15) is 5.82 Å². The Labute approximate surface area is 121 Å². The topological polar surface area (TPSA) is 32.3 Å². The number of carbonyl (C=O) groups excluding carboxylic acids is 1. The van der Waals surface area contributed by atoms with Crippen molar-refractivity contribution >= 4 is 29.0 Å². The predicted molar refractivity (Wildman–Crippen MR) is 77.9 cm³/mol. The third kappa shape index (κ3) is 2.34. The normalized spacial score (nSPS) is 13.2. The number of nitrogens with one attached hydrogen (secondary N) is 1. The van der Waals surface area contributed by atoms with E-state index in [-0.39, 0.29) is 11.1 Å². The highest BCUT2D eigenvalue weighted by molar-refractivity contribution is 6.31. The molecule has 0 saturated heterocycles. The van der Waals surface area contributed by atoms with E-state index >= 15 is 0 Å². The summed E-state index contributed by atoms with van der Waals surface area (Å²) in [4.78, 5) is 13.9. The van der Waals surface area contributed by atoms with Gasteiger partial charge in [-0.05, 0) is 36.2 Å². The van der Waals surface area contributed by atoms with Gasteiger partial charge in [0.05, 0.1) is 5.02 Å². The van der Waals surface area contributed by atoms with Crippen molar-refractivity contribution in [3.8, 4) is 0 Å². The molecule has 3 rings (SSSR count). The Morgan fingerprint density at radius 3 is 2.85 bits per heavy atom. The fraction of sp³-hybridized carbons (Fsp3) is 0.133. The zero-order valence-electron chi connectivity index (χ0n) is 10.6. The van der Waals surface area contributed by atoms with Crippen molar-refractivity contribution in [2.45, 2.75) is 6.42 Å². The molecule has 0 saturated carbocycles. The number of hydrogen-bond donors (Lipinski definition) is 1. The van der Waals surface area contributed by atoms with Crippen LogP contribution < -0.4 is 10.2 Å². The number of hydrogen-bond acceptors (Lipinski definition) is 1. The zero-order valence-corrected chi connectivity index (χ0v) is 11.3. The minimum atomic E-state index is -0.504. The number of fused-ring (bicyclic) bond motifs is 1. The SMILES string of the molecule is O=C(Nc1ccc(F)c(Cl)c1)N1CCc2ccccc21. The van der Waals surface area contributed by atoms with Crippen molar-refractivity contribution in [1.29, 1.82) is 0 Å². The van der Waals surface area contributed by atoms with Gasteiger partial charge in [-0.15, -0.1) is 0 Å². The van der Waals surface area contributed by atoms with Crippen molar-refractivity contribution in [2.75, 3.05) is 16.8 Å². The van der Waals surface area contributed by atoms with Crippen LogP contribution in [-0.2, 0) is 6.42 Å². The van der Waals surface area contributed by atoms with Crippen LogP contribution in [0.5, 0.6) is 0 Å². The molecule has 0 atom stereocenters. The lowest BCUT2D eigenvalue weighted by Crippen LogP contribution is -2.33. The van der Waals surface area contributed by atoms with E-state index in [1.54, 1.807) is 4.90 Å². The first-order valence-electron chi connectivity index (χ1n) is 6.26. The molecule has 0 spiro atoms. The van der Waals surface area contributed by atoms with Gasteiger partial charge in [-0.3, -0.25) is 4.90 Å². The van der Waals surface area contributed by atoms with Crippen LogP contribution >= 0.6 is 11.6 Å². The van der Waals surface area contributed by atoms with Crippen LogP contribution in [0.4, 0.5) is 20.6 Å². The molecular weight excluding hydrogens is 279 g/mol. The Morgan fingerprint density at radius 1 is 1.25 bits per heavy atom. The van der Waals surface area contributed by atoms with Gasteiger partial charge < -0.3 is 5.32 Å². The first kappa shape index (κ1) is 12.9. The second-order valence-electron chi connectivity index (χ2n) is 4.59. The number of para-hydroxylation sites is 1. The minimum Gasteiger partial charge on any atom is -0.307 e. The highest BCUT2D eigenvalue weighted by atomic mass is 35.5. The molecule has 0 fully saturated rings. The molecule has 20 heavy (non-hydrogen) atoms. The van der Waals surface area contributed by atoms with Crippen molar-refractivity contribution < 1.29 is 9.18 Å². The number of urea groups is 1. The van der Waals surface area contributed by atoms with Crippen LogP contribution in [0, 0.1) is 5.82 Å². The molecule has 0 aliphatic carbocycles. The summed E-state index contributed by atoms with van der Waals surface area (Å²) in [5.74, 6) is -0.504. The van der Waals surface area contributed by atoms with Crippen molar-refractivity contribution in [3.63, 3.8) is 0 Å². The smallest absolute Gasteiger partial charge is 0.307 e. The molecule has 0 aromatic heterocycles. The summed E-state index contributed by atoms with van der Waals surface area (Å²) in [6, 6.07) is 11.7. The van der Waals surface area contributed by atoms with Crippen LogP contribution in [0.2, 0.25) is 5.02 Å². The Balaban J connectivity index is 1.79. The van der Waals surface area contributed by atoms with Gasteiger partial charge in [-0.1, -0.05) is 29.8 Å². The molecular formula is C15H12ClFN2O. The minimum absolute atomic E-state index is 0.00961. The molecule has 1 N–H and O–H groups in total. The van der Waals surface area contributed by atoms with Crippen molar-refractivity contribution in [1.82, 2.24) is 0 Å².